The summed E-state index contributed by atoms with van der Waals surface area (Å²) in [5.41, 5.74) is 2.15. The van der Waals surface area contributed by atoms with E-state index in [9.17, 15) is 9.59 Å². The number of hydrogen-bond acceptors (Lipinski definition) is 5. The first-order valence-electron chi connectivity index (χ1n) is 10.2. The van der Waals surface area contributed by atoms with E-state index in [1.165, 1.54) is 16.2 Å². The van der Waals surface area contributed by atoms with Crippen LogP contribution in [0.25, 0.3) is 0 Å². The minimum absolute atomic E-state index is 0.0834. The van der Waals surface area contributed by atoms with Crippen LogP contribution >= 0.6 is 11.3 Å². The van der Waals surface area contributed by atoms with Gasteiger partial charge in [-0.05, 0) is 56.2 Å². The van der Waals surface area contributed by atoms with Gasteiger partial charge in [0.25, 0.3) is 11.8 Å². The van der Waals surface area contributed by atoms with Crippen molar-refractivity contribution in [3.63, 3.8) is 0 Å². The molecule has 1 saturated heterocycles. The highest BCUT2D eigenvalue weighted by molar-refractivity contribution is 7.17. The smallest absolute Gasteiger partial charge is 0.260 e. The number of amides is 2. The molecule has 1 aliphatic heterocycles. The van der Waals surface area contributed by atoms with E-state index in [2.05, 4.69) is 10.6 Å². The summed E-state index contributed by atoms with van der Waals surface area (Å²) in [7, 11) is 1.54. The van der Waals surface area contributed by atoms with Gasteiger partial charge in [-0.3, -0.25) is 9.59 Å². The molecule has 2 amide bonds. The highest BCUT2D eigenvalue weighted by Crippen LogP contribution is 2.38. The average Bonchev–Trinajstić information content (AvgIpc) is 3.39. The van der Waals surface area contributed by atoms with Gasteiger partial charge >= 0.3 is 0 Å². The molecule has 1 fully saturated rings. The first-order chi connectivity index (χ1) is 14.2. The molecular formula is C22H26N2O4S. The van der Waals surface area contributed by atoms with Crippen LogP contribution in [0.5, 0.6) is 5.75 Å². The van der Waals surface area contributed by atoms with Crippen molar-refractivity contribution in [3.05, 3.63) is 45.8 Å². The van der Waals surface area contributed by atoms with E-state index in [-0.39, 0.29) is 17.9 Å². The summed E-state index contributed by atoms with van der Waals surface area (Å²) in [5.74, 6) is 0.111. The Labute approximate surface area is 174 Å². The monoisotopic (exact) mass is 414 g/mol. The van der Waals surface area contributed by atoms with E-state index < -0.39 is 0 Å². The Bertz CT molecular complexity index is 902. The molecule has 0 unspecified atom stereocenters. The number of carbonyl (C=O) groups excluding carboxylic acids is 2. The predicted molar refractivity (Wildman–Crippen MR) is 113 cm³/mol. The Balaban J connectivity index is 1.58. The standard InChI is InChI=1S/C22H26N2O4S/c1-27-17-10-4-2-8-15(17)20(25)24-22-19(16-9-3-5-11-18(16)29-22)21(26)23-13-14-7-6-12-28-14/h2,4,8,10,14H,3,5-7,9,11-13H2,1H3,(H,23,26)(H,24,25)/t14-/m1/s1. The molecule has 0 bridgehead atoms. The SMILES string of the molecule is COc1ccccc1C(=O)Nc1sc2c(c1C(=O)NC[C@H]1CCCO1)CCCC2. The number of ether oxygens (including phenoxy) is 2. The average molecular weight is 415 g/mol. The second-order valence-electron chi connectivity index (χ2n) is 7.41. The van der Waals surface area contributed by atoms with E-state index in [1.54, 1.807) is 25.3 Å². The van der Waals surface area contributed by atoms with Gasteiger partial charge in [0.15, 0.2) is 0 Å². The van der Waals surface area contributed by atoms with Gasteiger partial charge in [-0.2, -0.15) is 0 Å². The number of nitrogens with one attached hydrogen (secondary N) is 2. The molecule has 1 aromatic carbocycles. The van der Waals surface area contributed by atoms with E-state index in [1.807, 2.05) is 6.07 Å². The van der Waals surface area contributed by atoms with Crippen LogP contribution in [0.4, 0.5) is 5.00 Å². The molecule has 2 N–H and O–H groups in total. The lowest BCUT2D eigenvalue weighted by molar-refractivity contribution is 0.0858. The summed E-state index contributed by atoms with van der Waals surface area (Å²) < 4.78 is 10.9. The van der Waals surface area contributed by atoms with Crippen LogP contribution in [0.3, 0.4) is 0 Å². The highest BCUT2D eigenvalue weighted by atomic mass is 32.1. The lowest BCUT2D eigenvalue weighted by Gasteiger charge is -2.15. The molecule has 0 spiro atoms. The van der Waals surface area contributed by atoms with Crippen LogP contribution < -0.4 is 15.4 Å². The maximum Gasteiger partial charge on any atom is 0.260 e. The second kappa shape index (κ2) is 8.97. The maximum atomic E-state index is 13.1. The fourth-order valence-electron chi connectivity index (χ4n) is 4.00. The van der Waals surface area contributed by atoms with Gasteiger partial charge in [0, 0.05) is 18.0 Å². The molecule has 2 aromatic rings. The molecule has 29 heavy (non-hydrogen) atoms. The topological polar surface area (TPSA) is 76.7 Å². The Hall–Kier alpha value is -2.38. The largest absolute Gasteiger partial charge is 0.496 e. The Kier molecular flexibility index (Phi) is 6.16. The summed E-state index contributed by atoms with van der Waals surface area (Å²) in [5, 5.41) is 6.62. The van der Waals surface area contributed by atoms with Crippen molar-refractivity contribution >= 4 is 28.2 Å². The minimum atomic E-state index is -0.269. The zero-order valence-electron chi connectivity index (χ0n) is 16.6. The summed E-state index contributed by atoms with van der Waals surface area (Å²) in [6, 6.07) is 7.10. The van der Waals surface area contributed by atoms with Gasteiger partial charge in [-0.15, -0.1) is 11.3 Å². The number of rotatable bonds is 6. The van der Waals surface area contributed by atoms with Crippen molar-refractivity contribution in [3.8, 4) is 5.75 Å². The van der Waals surface area contributed by atoms with E-state index in [0.717, 1.165) is 50.7 Å². The molecule has 1 atom stereocenters. The van der Waals surface area contributed by atoms with E-state index >= 15 is 0 Å². The van der Waals surface area contributed by atoms with Crippen LogP contribution in [0.2, 0.25) is 0 Å². The number of aryl methyl sites for hydroxylation is 1. The van der Waals surface area contributed by atoms with Crippen molar-refractivity contribution in [2.24, 2.45) is 0 Å². The molecule has 154 valence electrons. The fraction of sp³-hybridized carbons (Fsp3) is 0.455. The number of benzene rings is 1. The zero-order chi connectivity index (χ0) is 20.2. The second-order valence-corrected chi connectivity index (χ2v) is 8.52. The molecule has 0 radical (unpaired) electrons. The van der Waals surface area contributed by atoms with Crippen LogP contribution in [0.1, 0.15) is 56.8 Å². The molecule has 0 saturated carbocycles. The third-order valence-corrected chi connectivity index (χ3v) is 6.70. The summed E-state index contributed by atoms with van der Waals surface area (Å²) in [4.78, 5) is 27.2. The molecular weight excluding hydrogens is 388 g/mol. The number of carbonyl (C=O) groups is 2. The molecule has 4 rings (SSSR count). The van der Waals surface area contributed by atoms with E-state index in [4.69, 9.17) is 9.47 Å². The number of thiophene rings is 1. The number of anilines is 1. The zero-order valence-corrected chi connectivity index (χ0v) is 17.4. The van der Waals surface area contributed by atoms with Gasteiger partial charge in [0.2, 0.25) is 0 Å². The molecule has 2 aliphatic rings. The lowest BCUT2D eigenvalue weighted by Crippen LogP contribution is -2.32. The molecule has 1 aromatic heterocycles. The fourth-order valence-corrected chi connectivity index (χ4v) is 5.28. The van der Waals surface area contributed by atoms with Gasteiger partial charge in [-0.25, -0.2) is 0 Å². The number of hydrogen-bond donors (Lipinski definition) is 2. The first kappa shape index (κ1) is 19.9. The quantitative estimate of drug-likeness (QED) is 0.754. The Morgan fingerprint density at radius 1 is 1.17 bits per heavy atom. The third-order valence-electron chi connectivity index (χ3n) is 5.49. The molecule has 6 nitrogen and oxygen atoms in total. The van der Waals surface area contributed by atoms with Gasteiger partial charge in [-0.1, -0.05) is 12.1 Å². The summed E-state index contributed by atoms with van der Waals surface area (Å²) in [6.45, 7) is 1.26. The lowest BCUT2D eigenvalue weighted by atomic mass is 9.95. The third kappa shape index (κ3) is 4.31. The normalized spacial score (nSPS) is 18.2. The van der Waals surface area contributed by atoms with Gasteiger partial charge in [0.1, 0.15) is 10.8 Å². The van der Waals surface area contributed by atoms with E-state index in [0.29, 0.717) is 28.4 Å². The van der Waals surface area contributed by atoms with Crippen LogP contribution in [-0.4, -0.2) is 38.2 Å². The van der Waals surface area contributed by atoms with Crippen LogP contribution in [-0.2, 0) is 17.6 Å². The van der Waals surface area contributed by atoms with Gasteiger partial charge in [0.05, 0.1) is 24.3 Å². The Morgan fingerprint density at radius 2 is 2.00 bits per heavy atom. The minimum Gasteiger partial charge on any atom is -0.496 e. The molecule has 2 heterocycles. The van der Waals surface area contributed by atoms with Crippen LogP contribution in [0.15, 0.2) is 24.3 Å². The summed E-state index contributed by atoms with van der Waals surface area (Å²) in [6.07, 6.45) is 6.10. The predicted octanol–water partition coefficient (Wildman–Crippen LogP) is 3.80. The number of methoxy groups -OCH3 is 1. The molecule has 7 heteroatoms. The highest BCUT2D eigenvalue weighted by Gasteiger charge is 2.27. The van der Waals surface area contributed by atoms with Crippen molar-refractivity contribution in [2.45, 2.75) is 44.6 Å². The number of para-hydroxylation sites is 1. The van der Waals surface area contributed by atoms with Crippen molar-refractivity contribution in [1.29, 1.82) is 0 Å². The Morgan fingerprint density at radius 3 is 2.79 bits per heavy atom. The number of fused-ring (bicyclic) bond motifs is 1. The summed E-state index contributed by atoms with van der Waals surface area (Å²) >= 11 is 1.52. The van der Waals surface area contributed by atoms with Crippen LogP contribution in [0, 0.1) is 0 Å². The van der Waals surface area contributed by atoms with Crippen molar-refractivity contribution in [2.75, 3.05) is 25.6 Å². The van der Waals surface area contributed by atoms with Gasteiger partial charge < -0.3 is 20.1 Å². The first-order valence-corrected chi connectivity index (χ1v) is 11.0. The van der Waals surface area contributed by atoms with Crippen molar-refractivity contribution < 1.29 is 19.1 Å². The van der Waals surface area contributed by atoms with Crippen molar-refractivity contribution in [1.82, 2.24) is 5.32 Å². The maximum absolute atomic E-state index is 13.1. The molecule has 1 aliphatic carbocycles.